The molecular formula is C18H22F2N2. The van der Waals surface area contributed by atoms with Crippen LogP contribution in [-0.4, -0.2) is 11.0 Å². The van der Waals surface area contributed by atoms with Crippen LogP contribution in [0.1, 0.15) is 32.0 Å². The highest BCUT2D eigenvalue weighted by Crippen LogP contribution is 2.21. The SMILES string of the molecule is Cc1ccc(-c2ccc(F)c(CN[C@H](C)C(C)C)n2)cc1F. The minimum absolute atomic E-state index is 0.265. The molecular weight excluding hydrogens is 282 g/mol. The zero-order chi connectivity index (χ0) is 16.3. The largest absolute Gasteiger partial charge is 0.308 e. The number of nitrogens with zero attached hydrogens (tertiary/aromatic N) is 1. The lowest BCUT2D eigenvalue weighted by Crippen LogP contribution is -2.30. The van der Waals surface area contributed by atoms with E-state index in [-0.39, 0.29) is 17.7 Å². The quantitative estimate of drug-likeness (QED) is 0.881. The highest BCUT2D eigenvalue weighted by Gasteiger charge is 2.11. The van der Waals surface area contributed by atoms with Crippen LogP contribution in [0.15, 0.2) is 30.3 Å². The predicted molar refractivity (Wildman–Crippen MR) is 85.5 cm³/mol. The molecule has 0 saturated heterocycles. The summed E-state index contributed by atoms with van der Waals surface area (Å²) in [6.45, 7) is 8.33. The molecule has 0 spiro atoms. The molecule has 0 radical (unpaired) electrons. The van der Waals surface area contributed by atoms with Gasteiger partial charge in [-0.15, -0.1) is 0 Å². The van der Waals surface area contributed by atoms with Crippen molar-refractivity contribution >= 4 is 0 Å². The van der Waals surface area contributed by atoms with E-state index in [0.29, 0.717) is 35.0 Å². The second kappa shape index (κ2) is 6.97. The summed E-state index contributed by atoms with van der Waals surface area (Å²) in [5, 5.41) is 3.26. The van der Waals surface area contributed by atoms with Crippen LogP contribution >= 0.6 is 0 Å². The number of pyridine rings is 1. The van der Waals surface area contributed by atoms with E-state index in [0.717, 1.165) is 0 Å². The van der Waals surface area contributed by atoms with Crippen LogP contribution in [-0.2, 0) is 6.54 Å². The van der Waals surface area contributed by atoms with E-state index in [1.807, 2.05) is 0 Å². The molecule has 0 saturated carbocycles. The van der Waals surface area contributed by atoms with Gasteiger partial charge in [-0.2, -0.15) is 0 Å². The first-order valence-corrected chi connectivity index (χ1v) is 7.54. The van der Waals surface area contributed by atoms with Crippen LogP contribution in [0.4, 0.5) is 8.78 Å². The molecule has 2 rings (SSSR count). The molecule has 1 N–H and O–H groups in total. The molecule has 0 aliphatic carbocycles. The summed E-state index contributed by atoms with van der Waals surface area (Å²) in [7, 11) is 0. The van der Waals surface area contributed by atoms with Gasteiger partial charge in [0.1, 0.15) is 11.6 Å². The van der Waals surface area contributed by atoms with Crippen LogP contribution < -0.4 is 5.32 Å². The second-order valence-corrected chi connectivity index (χ2v) is 6.00. The molecule has 4 heteroatoms. The first kappa shape index (κ1) is 16.6. The summed E-state index contributed by atoms with van der Waals surface area (Å²) in [4.78, 5) is 4.34. The Hall–Kier alpha value is -1.81. The highest BCUT2D eigenvalue weighted by molar-refractivity contribution is 5.59. The zero-order valence-electron chi connectivity index (χ0n) is 13.5. The molecule has 0 aliphatic heterocycles. The first-order valence-electron chi connectivity index (χ1n) is 7.54. The Morgan fingerprint density at radius 3 is 2.41 bits per heavy atom. The Morgan fingerprint density at radius 2 is 1.77 bits per heavy atom. The Balaban J connectivity index is 2.24. The van der Waals surface area contributed by atoms with Gasteiger partial charge < -0.3 is 5.32 Å². The minimum atomic E-state index is -0.347. The van der Waals surface area contributed by atoms with E-state index in [1.54, 1.807) is 25.1 Å². The molecule has 0 bridgehead atoms. The number of hydrogen-bond acceptors (Lipinski definition) is 2. The average Bonchev–Trinajstić information content (AvgIpc) is 2.48. The maximum absolute atomic E-state index is 13.9. The fourth-order valence-electron chi connectivity index (χ4n) is 2.01. The lowest BCUT2D eigenvalue weighted by atomic mass is 10.1. The summed E-state index contributed by atoms with van der Waals surface area (Å²) in [6, 6.07) is 8.16. The number of nitrogens with one attached hydrogen (secondary N) is 1. The van der Waals surface area contributed by atoms with Crippen LogP contribution in [0.3, 0.4) is 0 Å². The van der Waals surface area contributed by atoms with Crippen molar-refractivity contribution in [2.24, 2.45) is 5.92 Å². The predicted octanol–water partition coefficient (Wildman–Crippen LogP) is 4.47. The van der Waals surface area contributed by atoms with Crippen LogP contribution in [0.25, 0.3) is 11.3 Å². The Bertz CT molecular complexity index is 654. The lowest BCUT2D eigenvalue weighted by Gasteiger charge is -2.17. The molecule has 0 unspecified atom stereocenters. The van der Waals surface area contributed by atoms with Gasteiger partial charge in [-0.1, -0.05) is 26.0 Å². The summed E-state index contributed by atoms with van der Waals surface area (Å²) >= 11 is 0. The van der Waals surface area contributed by atoms with E-state index < -0.39 is 0 Å². The maximum atomic E-state index is 13.9. The fraction of sp³-hybridized carbons (Fsp3) is 0.389. The molecule has 0 amide bonds. The Morgan fingerprint density at radius 1 is 1.05 bits per heavy atom. The van der Waals surface area contributed by atoms with E-state index >= 15 is 0 Å². The van der Waals surface area contributed by atoms with Crippen molar-refractivity contribution in [3.8, 4) is 11.3 Å². The van der Waals surface area contributed by atoms with E-state index in [2.05, 4.69) is 31.1 Å². The van der Waals surface area contributed by atoms with Crippen molar-refractivity contribution in [2.45, 2.75) is 40.3 Å². The van der Waals surface area contributed by atoms with Crippen molar-refractivity contribution < 1.29 is 8.78 Å². The number of aryl methyl sites for hydroxylation is 1. The number of aromatic nitrogens is 1. The van der Waals surface area contributed by atoms with Crippen LogP contribution in [0.2, 0.25) is 0 Å². The zero-order valence-corrected chi connectivity index (χ0v) is 13.5. The normalized spacial score (nSPS) is 12.7. The van der Waals surface area contributed by atoms with Gasteiger partial charge in [-0.05, 0) is 43.5 Å². The molecule has 0 fully saturated rings. The number of halogens is 2. The molecule has 2 nitrogen and oxygen atoms in total. The van der Waals surface area contributed by atoms with E-state index in [9.17, 15) is 8.78 Å². The molecule has 118 valence electrons. The lowest BCUT2D eigenvalue weighted by molar-refractivity contribution is 0.418. The summed E-state index contributed by atoms with van der Waals surface area (Å²) < 4.78 is 27.6. The first-order chi connectivity index (χ1) is 10.4. The van der Waals surface area contributed by atoms with Gasteiger partial charge in [0.2, 0.25) is 0 Å². The van der Waals surface area contributed by atoms with Gasteiger partial charge in [0.05, 0.1) is 11.4 Å². The van der Waals surface area contributed by atoms with Gasteiger partial charge >= 0.3 is 0 Å². The van der Waals surface area contributed by atoms with E-state index in [1.165, 1.54) is 12.1 Å². The smallest absolute Gasteiger partial charge is 0.146 e. The molecule has 2 aromatic rings. The summed E-state index contributed by atoms with van der Waals surface area (Å²) in [5.41, 5.74) is 2.17. The van der Waals surface area contributed by atoms with Gasteiger partial charge in [-0.25, -0.2) is 13.8 Å². The third kappa shape index (κ3) is 3.89. The van der Waals surface area contributed by atoms with Crippen molar-refractivity contribution in [1.29, 1.82) is 0 Å². The molecule has 22 heavy (non-hydrogen) atoms. The molecule has 1 heterocycles. The van der Waals surface area contributed by atoms with Gasteiger partial charge in [-0.3, -0.25) is 0 Å². The van der Waals surface area contributed by atoms with Crippen molar-refractivity contribution in [3.05, 3.63) is 53.2 Å². The minimum Gasteiger partial charge on any atom is -0.308 e. The van der Waals surface area contributed by atoms with Crippen molar-refractivity contribution in [2.75, 3.05) is 0 Å². The molecule has 1 aromatic heterocycles. The third-order valence-corrected chi connectivity index (χ3v) is 3.98. The molecule has 1 atom stereocenters. The van der Waals surface area contributed by atoms with Gasteiger partial charge in [0, 0.05) is 18.2 Å². The number of hydrogen-bond donors (Lipinski definition) is 1. The highest BCUT2D eigenvalue weighted by atomic mass is 19.1. The monoisotopic (exact) mass is 304 g/mol. The van der Waals surface area contributed by atoms with Crippen LogP contribution in [0, 0.1) is 24.5 Å². The van der Waals surface area contributed by atoms with Gasteiger partial charge in [0.25, 0.3) is 0 Å². The van der Waals surface area contributed by atoms with Crippen molar-refractivity contribution in [1.82, 2.24) is 10.3 Å². The Kier molecular flexibility index (Phi) is 5.24. The fourth-order valence-corrected chi connectivity index (χ4v) is 2.01. The Labute approximate surface area is 130 Å². The summed E-state index contributed by atoms with van der Waals surface area (Å²) in [5.74, 6) is -0.172. The molecule has 0 aliphatic rings. The van der Waals surface area contributed by atoms with Crippen molar-refractivity contribution in [3.63, 3.8) is 0 Å². The average molecular weight is 304 g/mol. The number of benzene rings is 1. The summed E-state index contributed by atoms with van der Waals surface area (Å²) in [6.07, 6.45) is 0. The van der Waals surface area contributed by atoms with Crippen LogP contribution in [0.5, 0.6) is 0 Å². The standard InChI is InChI=1S/C18H22F2N2/c1-11(2)13(4)21-10-18-15(19)7-8-17(22-18)14-6-5-12(3)16(20)9-14/h5-9,11,13,21H,10H2,1-4H3/t13-/m1/s1. The van der Waals surface area contributed by atoms with Gasteiger partial charge in [0.15, 0.2) is 0 Å². The third-order valence-electron chi connectivity index (χ3n) is 3.98. The topological polar surface area (TPSA) is 24.9 Å². The maximum Gasteiger partial charge on any atom is 0.146 e. The number of rotatable bonds is 5. The molecule has 1 aromatic carbocycles. The van der Waals surface area contributed by atoms with E-state index in [4.69, 9.17) is 0 Å². The second-order valence-electron chi connectivity index (χ2n) is 6.00.